The lowest BCUT2D eigenvalue weighted by atomic mass is 10.1. The van der Waals surface area contributed by atoms with Crippen LogP contribution in [-0.4, -0.2) is 21.3 Å². The van der Waals surface area contributed by atoms with Crippen molar-refractivity contribution in [2.24, 2.45) is 0 Å². The molecule has 3 rings (SSSR count). The van der Waals surface area contributed by atoms with Gasteiger partial charge in [-0.15, -0.1) is 0 Å². The van der Waals surface area contributed by atoms with Crippen LogP contribution in [0.2, 0.25) is 0 Å². The molecule has 3 heteroatoms. The first-order valence-electron chi connectivity index (χ1n) is 8.48. The lowest BCUT2D eigenvalue weighted by Gasteiger charge is -2.07. The number of benzene rings is 2. The van der Waals surface area contributed by atoms with Gasteiger partial charge < -0.3 is 9.67 Å². The highest BCUT2D eigenvalue weighted by Crippen LogP contribution is 2.22. The Hall–Kier alpha value is -2.39. The Bertz CT molecular complexity index is 847. The number of imidazole rings is 1. The summed E-state index contributed by atoms with van der Waals surface area (Å²) in [7, 11) is 0. The Morgan fingerprint density at radius 2 is 1.83 bits per heavy atom. The van der Waals surface area contributed by atoms with Crippen LogP contribution in [0.5, 0.6) is 0 Å². The molecular formula is C21H24N2O. The van der Waals surface area contributed by atoms with Crippen molar-refractivity contribution < 1.29 is 5.11 Å². The number of hydrogen-bond donors (Lipinski definition) is 1. The number of hydrogen-bond acceptors (Lipinski definition) is 2. The van der Waals surface area contributed by atoms with E-state index in [4.69, 9.17) is 10.1 Å². The second-order valence-corrected chi connectivity index (χ2v) is 6.20. The average molecular weight is 320 g/mol. The van der Waals surface area contributed by atoms with Crippen molar-refractivity contribution in [3.63, 3.8) is 0 Å². The first kappa shape index (κ1) is 16.5. The quantitative estimate of drug-likeness (QED) is 0.735. The van der Waals surface area contributed by atoms with Crippen molar-refractivity contribution in [3.8, 4) is 0 Å². The molecule has 0 bridgehead atoms. The van der Waals surface area contributed by atoms with Gasteiger partial charge >= 0.3 is 0 Å². The second-order valence-electron chi connectivity index (χ2n) is 6.20. The van der Waals surface area contributed by atoms with Gasteiger partial charge in [-0.05, 0) is 49.1 Å². The number of fused-ring (bicyclic) bond motifs is 1. The zero-order chi connectivity index (χ0) is 16.9. The van der Waals surface area contributed by atoms with Gasteiger partial charge in [-0.1, -0.05) is 42.5 Å². The van der Waals surface area contributed by atoms with E-state index in [-0.39, 0.29) is 6.61 Å². The lowest BCUT2D eigenvalue weighted by molar-refractivity contribution is 0.287. The first-order valence-corrected chi connectivity index (χ1v) is 8.48. The summed E-state index contributed by atoms with van der Waals surface area (Å²) in [6, 6.07) is 14.7. The lowest BCUT2D eigenvalue weighted by Crippen LogP contribution is -2.03. The number of aryl methyl sites for hydroxylation is 3. The summed E-state index contributed by atoms with van der Waals surface area (Å²) in [6.45, 7) is 5.24. The van der Waals surface area contributed by atoms with E-state index >= 15 is 0 Å². The SMILES string of the molecule is Cc1cc2nc(CCCO)n(C/C=C/c3ccccc3)c2cc1C. The molecule has 3 aromatic rings. The number of allylic oxidation sites excluding steroid dienone is 1. The Morgan fingerprint density at radius 1 is 1.08 bits per heavy atom. The molecule has 0 radical (unpaired) electrons. The molecule has 0 saturated heterocycles. The summed E-state index contributed by atoms with van der Waals surface area (Å²) in [6.07, 6.45) is 5.85. The molecule has 124 valence electrons. The Morgan fingerprint density at radius 3 is 2.58 bits per heavy atom. The number of aliphatic hydroxyl groups excluding tert-OH is 1. The minimum atomic E-state index is 0.196. The average Bonchev–Trinajstić information content (AvgIpc) is 2.91. The van der Waals surface area contributed by atoms with Crippen molar-refractivity contribution in [2.75, 3.05) is 6.61 Å². The summed E-state index contributed by atoms with van der Waals surface area (Å²) in [5.41, 5.74) is 5.96. The van der Waals surface area contributed by atoms with Gasteiger partial charge in [0.1, 0.15) is 5.82 Å². The molecule has 0 amide bonds. The van der Waals surface area contributed by atoms with Crippen LogP contribution in [0.25, 0.3) is 17.1 Å². The van der Waals surface area contributed by atoms with Crippen LogP contribution in [-0.2, 0) is 13.0 Å². The van der Waals surface area contributed by atoms with Crippen LogP contribution in [0.1, 0.15) is 28.9 Å². The summed E-state index contributed by atoms with van der Waals surface area (Å²) in [4.78, 5) is 4.80. The maximum atomic E-state index is 9.16. The third-order valence-electron chi connectivity index (χ3n) is 4.40. The zero-order valence-electron chi connectivity index (χ0n) is 14.4. The minimum Gasteiger partial charge on any atom is -0.396 e. The molecule has 1 heterocycles. The van der Waals surface area contributed by atoms with Gasteiger partial charge in [0.25, 0.3) is 0 Å². The van der Waals surface area contributed by atoms with Gasteiger partial charge in [0.15, 0.2) is 0 Å². The fourth-order valence-corrected chi connectivity index (χ4v) is 2.92. The van der Waals surface area contributed by atoms with Gasteiger partial charge in [0.2, 0.25) is 0 Å². The molecule has 0 aliphatic heterocycles. The van der Waals surface area contributed by atoms with Crippen LogP contribution in [0.4, 0.5) is 0 Å². The molecule has 0 unspecified atom stereocenters. The number of aromatic nitrogens is 2. The largest absolute Gasteiger partial charge is 0.396 e. The minimum absolute atomic E-state index is 0.196. The second kappa shape index (κ2) is 7.45. The predicted molar refractivity (Wildman–Crippen MR) is 100 cm³/mol. The van der Waals surface area contributed by atoms with Gasteiger partial charge in [-0.3, -0.25) is 0 Å². The first-order chi connectivity index (χ1) is 11.7. The highest BCUT2D eigenvalue weighted by molar-refractivity contribution is 5.78. The van der Waals surface area contributed by atoms with Crippen LogP contribution >= 0.6 is 0 Å². The Balaban J connectivity index is 1.94. The normalized spacial score (nSPS) is 11.6. The molecule has 2 aromatic carbocycles. The van der Waals surface area contributed by atoms with E-state index in [0.717, 1.165) is 30.7 Å². The molecule has 3 nitrogen and oxygen atoms in total. The summed E-state index contributed by atoms with van der Waals surface area (Å²) < 4.78 is 2.26. The van der Waals surface area contributed by atoms with E-state index < -0.39 is 0 Å². The summed E-state index contributed by atoms with van der Waals surface area (Å²) >= 11 is 0. The zero-order valence-corrected chi connectivity index (χ0v) is 14.4. The predicted octanol–water partition coefficient (Wildman–Crippen LogP) is 4.29. The van der Waals surface area contributed by atoms with E-state index in [9.17, 15) is 0 Å². The fraction of sp³-hybridized carbons (Fsp3) is 0.286. The Labute approximate surface area is 143 Å². The van der Waals surface area contributed by atoms with Gasteiger partial charge in [0.05, 0.1) is 11.0 Å². The van der Waals surface area contributed by atoms with Crippen molar-refractivity contribution in [2.45, 2.75) is 33.2 Å². The van der Waals surface area contributed by atoms with E-state index in [1.54, 1.807) is 0 Å². The highest BCUT2D eigenvalue weighted by Gasteiger charge is 2.11. The van der Waals surface area contributed by atoms with Crippen molar-refractivity contribution in [3.05, 3.63) is 71.1 Å². The van der Waals surface area contributed by atoms with Crippen LogP contribution in [0.15, 0.2) is 48.5 Å². The molecule has 0 spiro atoms. The molecule has 1 N–H and O–H groups in total. The van der Waals surface area contributed by atoms with Crippen LogP contribution in [0.3, 0.4) is 0 Å². The molecule has 24 heavy (non-hydrogen) atoms. The van der Waals surface area contributed by atoms with Gasteiger partial charge in [-0.25, -0.2) is 4.98 Å². The van der Waals surface area contributed by atoms with Crippen molar-refractivity contribution in [1.29, 1.82) is 0 Å². The third kappa shape index (κ3) is 3.57. The molecular weight excluding hydrogens is 296 g/mol. The van der Waals surface area contributed by atoms with E-state index in [1.165, 1.54) is 22.2 Å². The number of aliphatic hydroxyl groups is 1. The van der Waals surface area contributed by atoms with Crippen molar-refractivity contribution >= 4 is 17.1 Å². The van der Waals surface area contributed by atoms with Crippen molar-refractivity contribution in [1.82, 2.24) is 9.55 Å². The third-order valence-corrected chi connectivity index (χ3v) is 4.40. The maximum absolute atomic E-state index is 9.16. The molecule has 0 aliphatic rings. The highest BCUT2D eigenvalue weighted by atomic mass is 16.2. The monoisotopic (exact) mass is 320 g/mol. The topological polar surface area (TPSA) is 38.1 Å². The molecule has 1 aromatic heterocycles. The van der Waals surface area contributed by atoms with Gasteiger partial charge in [-0.2, -0.15) is 0 Å². The molecule has 0 aliphatic carbocycles. The standard InChI is InChI=1S/C21H24N2O/c1-16-14-19-20(15-17(16)2)23(21(22-19)11-7-13-24)12-6-10-18-8-4-3-5-9-18/h3-6,8-10,14-15,24H,7,11-13H2,1-2H3/b10-6+. The molecule has 0 atom stereocenters. The summed E-state index contributed by atoms with van der Waals surface area (Å²) in [5.74, 6) is 1.04. The van der Waals surface area contributed by atoms with Crippen LogP contribution < -0.4 is 0 Å². The fourth-order valence-electron chi connectivity index (χ4n) is 2.92. The van der Waals surface area contributed by atoms with E-state index in [0.29, 0.717) is 0 Å². The van der Waals surface area contributed by atoms with E-state index in [1.807, 2.05) is 18.2 Å². The van der Waals surface area contributed by atoms with E-state index in [2.05, 4.69) is 54.8 Å². The Kier molecular flexibility index (Phi) is 5.11. The van der Waals surface area contributed by atoms with Gasteiger partial charge in [0, 0.05) is 19.6 Å². The molecule has 0 saturated carbocycles. The molecule has 0 fully saturated rings. The summed E-state index contributed by atoms with van der Waals surface area (Å²) in [5, 5.41) is 9.16. The van der Waals surface area contributed by atoms with Crippen LogP contribution in [0, 0.1) is 13.8 Å². The smallest absolute Gasteiger partial charge is 0.110 e. The number of nitrogens with zero attached hydrogens (tertiary/aromatic N) is 2. The maximum Gasteiger partial charge on any atom is 0.110 e. The number of rotatable bonds is 6.